The normalized spacial score (nSPS) is 10.7. The van der Waals surface area contributed by atoms with E-state index in [0.717, 1.165) is 22.2 Å². The molecule has 1 aromatic heterocycles. The fraction of sp³-hybridized carbons (Fsp3) is 0. The highest BCUT2D eigenvalue weighted by Gasteiger charge is 2.13. The Morgan fingerprint density at radius 1 is 0.944 bits per heavy atom. The third-order valence-electron chi connectivity index (χ3n) is 3.08. The highest BCUT2D eigenvalue weighted by Crippen LogP contribution is 2.30. The van der Waals surface area contributed by atoms with Gasteiger partial charge in [0.05, 0.1) is 5.52 Å². The maximum atomic E-state index is 6.22. The van der Waals surface area contributed by atoms with Crippen molar-refractivity contribution in [1.82, 2.24) is 4.57 Å². The van der Waals surface area contributed by atoms with Crippen molar-refractivity contribution in [1.29, 1.82) is 0 Å². The lowest BCUT2D eigenvalue weighted by molar-refractivity contribution is 1.14. The molecule has 18 heavy (non-hydrogen) atoms. The predicted octanol–water partition coefficient (Wildman–Crippen LogP) is 3.56. The number of nitrogens with zero attached hydrogens (tertiary/aromatic N) is 1. The van der Waals surface area contributed by atoms with Gasteiger partial charge in [0, 0.05) is 22.0 Å². The molecule has 3 heteroatoms. The highest BCUT2D eigenvalue weighted by molar-refractivity contribution is 7.79. The van der Waals surface area contributed by atoms with Crippen molar-refractivity contribution in [2.45, 2.75) is 0 Å². The predicted molar refractivity (Wildman–Crippen MR) is 80.4 cm³/mol. The fourth-order valence-corrected chi connectivity index (χ4v) is 2.51. The molecule has 0 fully saturated rings. The van der Waals surface area contributed by atoms with Crippen LogP contribution in [0.25, 0.3) is 16.6 Å². The van der Waals surface area contributed by atoms with E-state index in [0.29, 0.717) is 5.82 Å². The Hall–Kier alpha value is -2.13. The smallest absolute Gasteiger partial charge is 0.117 e. The summed E-state index contributed by atoms with van der Waals surface area (Å²) < 4.78 is 2.04. The molecule has 0 radical (unpaired) electrons. The van der Waals surface area contributed by atoms with Crippen molar-refractivity contribution in [3.63, 3.8) is 0 Å². The molecule has 88 valence electrons. The Labute approximate surface area is 111 Å². The van der Waals surface area contributed by atoms with Gasteiger partial charge in [0.25, 0.3) is 0 Å². The molecule has 0 amide bonds. The van der Waals surface area contributed by atoms with Crippen molar-refractivity contribution in [3.8, 4) is 5.69 Å². The Morgan fingerprint density at radius 2 is 1.61 bits per heavy atom. The number of nitrogen functional groups attached to an aromatic ring is 1. The van der Waals surface area contributed by atoms with Crippen molar-refractivity contribution < 1.29 is 0 Å². The molecule has 0 bridgehead atoms. The number of rotatable bonds is 2. The summed E-state index contributed by atoms with van der Waals surface area (Å²) >= 11 is 5.08. The van der Waals surface area contributed by atoms with E-state index in [1.165, 1.54) is 0 Å². The van der Waals surface area contributed by atoms with Crippen LogP contribution in [0.5, 0.6) is 0 Å². The standard InChI is InChI=1S/C15H12N2S/c16-15-13(10-18)12-8-4-5-9-14(12)17(15)11-6-2-1-3-7-11/h1-10H,16H2. The monoisotopic (exact) mass is 252 g/mol. The first-order valence-electron chi connectivity index (χ1n) is 5.72. The molecule has 0 aliphatic heterocycles. The van der Waals surface area contributed by atoms with E-state index >= 15 is 0 Å². The first-order valence-corrected chi connectivity index (χ1v) is 6.19. The quantitative estimate of drug-likeness (QED) is 0.707. The number of nitrogens with two attached hydrogens (primary N) is 1. The lowest BCUT2D eigenvalue weighted by Gasteiger charge is -2.07. The maximum absolute atomic E-state index is 6.22. The lowest BCUT2D eigenvalue weighted by atomic mass is 10.2. The van der Waals surface area contributed by atoms with Crippen molar-refractivity contribution in [3.05, 3.63) is 60.2 Å². The minimum absolute atomic E-state index is 0.692. The number of hydrogen-bond donors (Lipinski definition) is 1. The molecule has 1 heterocycles. The molecular formula is C15H12N2S. The molecule has 0 aliphatic rings. The first kappa shape index (κ1) is 11.0. The van der Waals surface area contributed by atoms with Crippen LogP contribution < -0.4 is 5.73 Å². The Balaban J connectivity index is 2.43. The molecule has 0 unspecified atom stereocenters. The van der Waals surface area contributed by atoms with Gasteiger partial charge in [0.2, 0.25) is 0 Å². The van der Waals surface area contributed by atoms with Crippen LogP contribution in [0.1, 0.15) is 5.56 Å². The van der Waals surface area contributed by atoms with E-state index in [9.17, 15) is 0 Å². The zero-order valence-electron chi connectivity index (χ0n) is 9.71. The van der Waals surface area contributed by atoms with Gasteiger partial charge in [-0.15, -0.1) is 0 Å². The number of thiocarbonyl (C=S) groups is 1. The van der Waals surface area contributed by atoms with Crippen molar-refractivity contribution >= 4 is 34.3 Å². The van der Waals surface area contributed by atoms with Gasteiger partial charge in [0.15, 0.2) is 0 Å². The minimum Gasteiger partial charge on any atom is -0.384 e. The van der Waals surface area contributed by atoms with Gasteiger partial charge in [-0.3, -0.25) is 4.57 Å². The summed E-state index contributed by atoms with van der Waals surface area (Å²) in [6.45, 7) is 0. The summed E-state index contributed by atoms with van der Waals surface area (Å²) in [7, 11) is 0. The summed E-state index contributed by atoms with van der Waals surface area (Å²) in [5.74, 6) is 0.692. The van der Waals surface area contributed by atoms with Crippen LogP contribution in [0, 0.1) is 0 Å². The van der Waals surface area contributed by atoms with Crippen LogP contribution >= 0.6 is 12.2 Å². The zero-order valence-corrected chi connectivity index (χ0v) is 10.5. The highest BCUT2D eigenvalue weighted by atomic mass is 32.1. The van der Waals surface area contributed by atoms with E-state index < -0.39 is 0 Å². The van der Waals surface area contributed by atoms with Crippen molar-refractivity contribution in [2.75, 3.05) is 5.73 Å². The SMILES string of the molecule is Nc1c(C=S)c2ccccc2n1-c1ccccc1. The molecule has 0 saturated heterocycles. The summed E-state index contributed by atoms with van der Waals surface area (Å²) in [6.07, 6.45) is 0. The second-order valence-corrected chi connectivity index (χ2v) is 4.34. The average molecular weight is 252 g/mol. The molecule has 2 nitrogen and oxygen atoms in total. The molecule has 3 aromatic rings. The second-order valence-electron chi connectivity index (χ2n) is 4.10. The minimum atomic E-state index is 0.692. The molecular weight excluding hydrogens is 240 g/mol. The number of hydrogen-bond acceptors (Lipinski definition) is 2. The molecule has 2 N–H and O–H groups in total. The van der Waals surface area contributed by atoms with Crippen LogP contribution in [-0.2, 0) is 0 Å². The third kappa shape index (κ3) is 1.52. The largest absolute Gasteiger partial charge is 0.384 e. The Morgan fingerprint density at radius 3 is 2.33 bits per heavy atom. The van der Waals surface area contributed by atoms with Gasteiger partial charge < -0.3 is 5.73 Å². The summed E-state index contributed by atoms with van der Waals surface area (Å²) in [5, 5.41) is 2.74. The summed E-state index contributed by atoms with van der Waals surface area (Å²) in [6, 6.07) is 18.2. The number of aromatic nitrogens is 1. The molecule has 2 aromatic carbocycles. The van der Waals surface area contributed by atoms with Crippen LogP contribution in [0.2, 0.25) is 0 Å². The van der Waals surface area contributed by atoms with E-state index in [2.05, 4.69) is 6.07 Å². The lowest BCUT2D eigenvalue weighted by Crippen LogP contribution is -2.00. The summed E-state index contributed by atoms with van der Waals surface area (Å²) in [4.78, 5) is 0. The van der Waals surface area contributed by atoms with Crippen LogP contribution in [0.3, 0.4) is 0 Å². The fourth-order valence-electron chi connectivity index (χ4n) is 2.26. The molecule has 0 saturated carbocycles. The van der Waals surface area contributed by atoms with Gasteiger partial charge in [-0.2, -0.15) is 0 Å². The Bertz CT molecular complexity index is 714. The van der Waals surface area contributed by atoms with Crippen LogP contribution in [0.15, 0.2) is 54.6 Å². The first-order chi connectivity index (χ1) is 8.83. The molecule has 3 rings (SSSR count). The topological polar surface area (TPSA) is 30.9 Å². The van der Waals surface area contributed by atoms with Crippen molar-refractivity contribution in [2.24, 2.45) is 0 Å². The van der Waals surface area contributed by atoms with E-state index in [1.54, 1.807) is 5.37 Å². The van der Waals surface area contributed by atoms with Gasteiger partial charge in [-0.1, -0.05) is 48.6 Å². The second kappa shape index (κ2) is 4.27. The van der Waals surface area contributed by atoms with Gasteiger partial charge >= 0.3 is 0 Å². The number of benzene rings is 2. The van der Waals surface area contributed by atoms with Gasteiger partial charge in [0.1, 0.15) is 5.82 Å². The van der Waals surface area contributed by atoms with Gasteiger partial charge in [-0.25, -0.2) is 0 Å². The third-order valence-corrected chi connectivity index (χ3v) is 3.32. The van der Waals surface area contributed by atoms with Crippen LogP contribution in [0.4, 0.5) is 5.82 Å². The zero-order chi connectivity index (χ0) is 12.5. The van der Waals surface area contributed by atoms with Gasteiger partial charge in [-0.05, 0) is 18.2 Å². The summed E-state index contributed by atoms with van der Waals surface area (Å²) in [5.41, 5.74) is 9.28. The van der Waals surface area contributed by atoms with E-state index in [1.807, 2.05) is 53.1 Å². The van der Waals surface area contributed by atoms with E-state index in [-0.39, 0.29) is 0 Å². The maximum Gasteiger partial charge on any atom is 0.117 e. The number of anilines is 1. The number of fused-ring (bicyclic) bond motifs is 1. The Kier molecular flexibility index (Phi) is 2.61. The average Bonchev–Trinajstić information content (AvgIpc) is 2.71. The van der Waals surface area contributed by atoms with Crippen LogP contribution in [-0.4, -0.2) is 9.93 Å². The molecule has 0 atom stereocenters. The number of para-hydroxylation sites is 2. The van der Waals surface area contributed by atoms with E-state index in [4.69, 9.17) is 18.0 Å². The molecule has 0 spiro atoms. The molecule has 0 aliphatic carbocycles.